The normalized spacial score (nSPS) is 18.4. The molecule has 1 fully saturated rings. The first-order valence-electron chi connectivity index (χ1n) is 7.02. The summed E-state index contributed by atoms with van der Waals surface area (Å²) in [6.45, 7) is 1.09. The van der Waals surface area contributed by atoms with E-state index in [0.29, 0.717) is 24.2 Å². The monoisotopic (exact) mass is 273 g/mol. The van der Waals surface area contributed by atoms with Crippen LogP contribution in [0.1, 0.15) is 30.1 Å². The number of nitrogens with one attached hydrogen (secondary N) is 1. The molecule has 1 atom stereocenters. The van der Waals surface area contributed by atoms with Crippen molar-refractivity contribution in [3.63, 3.8) is 0 Å². The number of para-hydroxylation sites is 1. The third-order valence-corrected chi connectivity index (χ3v) is 3.63. The summed E-state index contributed by atoms with van der Waals surface area (Å²) in [6, 6.07) is 8.39. The molecule has 1 aromatic carbocycles. The van der Waals surface area contributed by atoms with Crippen LogP contribution in [0.5, 0.6) is 5.75 Å². The van der Waals surface area contributed by atoms with E-state index in [0.717, 1.165) is 24.3 Å². The van der Waals surface area contributed by atoms with Crippen LogP contribution in [0.2, 0.25) is 0 Å². The van der Waals surface area contributed by atoms with Crippen LogP contribution in [-0.4, -0.2) is 29.8 Å². The number of rotatable bonds is 5. The molecule has 1 aromatic heterocycles. The minimum absolute atomic E-state index is 0.481. The molecule has 2 heterocycles. The third kappa shape index (κ3) is 2.99. The average Bonchev–Trinajstić information content (AvgIpc) is 3.12. The molecule has 1 aliphatic rings. The highest BCUT2D eigenvalue weighted by atomic mass is 16.5. The zero-order chi connectivity index (χ0) is 13.8. The van der Waals surface area contributed by atoms with Gasteiger partial charge in [0.05, 0.1) is 7.11 Å². The first-order valence-corrected chi connectivity index (χ1v) is 7.02. The molecule has 3 rings (SSSR count). The Labute approximate surface area is 118 Å². The highest BCUT2D eigenvalue weighted by Crippen LogP contribution is 2.20. The maximum absolute atomic E-state index is 5.34. The molecule has 1 saturated heterocycles. The number of methoxy groups -OCH3 is 1. The largest absolute Gasteiger partial charge is 0.496 e. The third-order valence-electron chi connectivity index (χ3n) is 3.63. The van der Waals surface area contributed by atoms with Gasteiger partial charge in [0, 0.05) is 24.4 Å². The topological polar surface area (TPSA) is 60.2 Å². The highest BCUT2D eigenvalue weighted by molar-refractivity contribution is 5.35. The predicted octanol–water partition coefficient (Wildman–Crippen LogP) is 1.96. The summed E-state index contributed by atoms with van der Waals surface area (Å²) in [7, 11) is 1.67. The molecule has 0 amide bonds. The van der Waals surface area contributed by atoms with Crippen molar-refractivity contribution in [2.45, 2.75) is 31.7 Å². The van der Waals surface area contributed by atoms with Crippen LogP contribution in [0.4, 0.5) is 0 Å². The minimum atomic E-state index is 0.481. The molecule has 0 radical (unpaired) electrons. The Hall–Kier alpha value is -1.88. The van der Waals surface area contributed by atoms with Crippen molar-refractivity contribution >= 4 is 0 Å². The summed E-state index contributed by atoms with van der Waals surface area (Å²) in [6.07, 6.45) is 3.86. The Morgan fingerprint density at radius 1 is 1.40 bits per heavy atom. The minimum Gasteiger partial charge on any atom is -0.496 e. The number of hydrogen-bond acceptors (Lipinski definition) is 5. The van der Waals surface area contributed by atoms with E-state index in [4.69, 9.17) is 9.26 Å². The van der Waals surface area contributed by atoms with Crippen molar-refractivity contribution in [1.82, 2.24) is 15.5 Å². The average molecular weight is 273 g/mol. The lowest BCUT2D eigenvalue weighted by Gasteiger charge is -2.05. The molecule has 0 saturated carbocycles. The molecule has 106 valence electrons. The van der Waals surface area contributed by atoms with Crippen LogP contribution in [0, 0.1) is 0 Å². The van der Waals surface area contributed by atoms with Crippen LogP contribution in [0.25, 0.3) is 0 Å². The second-order valence-corrected chi connectivity index (χ2v) is 5.09. The predicted molar refractivity (Wildman–Crippen MR) is 74.8 cm³/mol. The van der Waals surface area contributed by atoms with Crippen molar-refractivity contribution in [3.8, 4) is 5.75 Å². The summed E-state index contributed by atoms with van der Waals surface area (Å²) < 4.78 is 10.7. The van der Waals surface area contributed by atoms with Gasteiger partial charge >= 0.3 is 0 Å². The highest BCUT2D eigenvalue weighted by Gasteiger charge is 2.18. The zero-order valence-electron chi connectivity index (χ0n) is 11.6. The molecule has 1 unspecified atom stereocenters. The number of aromatic nitrogens is 2. The Balaban J connectivity index is 1.67. The van der Waals surface area contributed by atoms with E-state index in [2.05, 4.69) is 15.5 Å². The number of nitrogens with zero attached hydrogens (tertiary/aromatic N) is 2. The summed E-state index contributed by atoms with van der Waals surface area (Å²) in [5.74, 6) is 2.29. The van der Waals surface area contributed by atoms with Gasteiger partial charge in [-0.1, -0.05) is 23.4 Å². The SMILES string of the molecule is COc1ccccc1Cc1noc(CC2CCCN2)n1. The molecular weight excluding hydrogens is 254 g/mol. The van der Waals surface area contributed by atoms with Crippen LogP contribution >= 0.6 is 0 Å². The number of ether oxygens (including phenoxy) is 1. The Morgan fingerprint density at radius 2 is 2.30 bits per heavy atom. The number of hydrogen-bond donors (Lipinski definition) is 1. The molecule has 2 aromatic rings. The summed E-state index contributed by atoms with van der Waals surface area (Å²) in [5.41, 5.74) is 1.07. The van der Waals surface area contributed by atoms with Crippen molar-refractivity contribution in [2.75, 3.05) is 13.7 Å². The smallest absolute Gasteiger partial charge is 0.228 e. The van der Waals surface area contributed by atoms with Crippen molar-refractivity contribution < 1.29 is 9.26 Å². The Bertz CT molecular complexity index is 562. The zero-order valence-corrected chi connectivity index (χ0v) is 11.6. The quantitative estimate of drug-likeness (QED) is 0.902. The first kappa shape index (κ1) is 13.1. The lowest BCUT2D eigenvalue weighted by molar-refractivity contribution is 0.360. The maximum Gasteiger partial charge on any atom is 0.228 e. The van der Waals surface area contributed by atoms with Crippen molar-refractivity contribution in [2.24, 2.45) is 0 Å². The Morgan fingerprint density at radius 3 is 3.10 bits per heavy atom. The second-order valence-electron chi connectivity index (χ2n) is 5.09. The van der Waals surface area contributed by atoms with Gasteiger partial charge in [-0.2, -0.15) is 4.98 Å². The summed E-state index contributed by atoms with van der Waals surface area (Å²) in [4.78, 5) is 4.47. The van der Waals surface area contributed by atoms with Crippen LogP contribution in [0.15, 0.2) is 28.8 Å². The van der Waals surface area contributed by atoms with Gasteiger partial charge in [-0.25, -0.2) is 0 Å². The van der Waals surface area contributed by atoms with Gasteiger partial charge in [0.2, 0.25) is 5.89 Å². The summed E-state index contributed by atoms with van der Waals surface area (Å²) in [5, 5.41) is 7.49. The molecule has 0 spiro atoms. The lowest BCUT2D eigenvalue weighted by Crippen LogP contribution is -2.23. The molecule has 5 nitrogen and oxygen atoms in total. The fraction of sp³-hybridized carbons (Fsp3) is 0.467. The van der Waals surface area contributed by atoms with Gasteiger partial charge in [0.1, 0.15) is 5.75 Å². The lowest BCUT2D eigenvalue weighted by atomic mass is 10.1. The Kier molecular flexibility index (Phi) is 3.97. The van der Waals surface area contributed by atoms with E-state index in [1.165, 1.54) is 12.8 Å². The standard InChI is InChI=1S/C15H19N3O2/c1-19-13-7-3-2-5-11(13)9-14-17-15(20-18-14)10-12-6-4-8-16-12/h2-3,5,7,12,16H,4,6,8-10H2,1H3. The van der Waals surface area contributed by atoms with Gasteiger partial charge in [0.25, 0.3) is 0 Å². The van der Waals surface area contributed by atoms with E-state index in [-0.39, 0.29) is 0 Å². The second kappa shape index (κ2) is 6.05. The summed E-state index contributed by atoms with van der Waals surface area (Å²) >= 11 is 0. The molecule has 0 aliphatic carbocycles. The van der Waals surface area contributed by atoms with E-state index < -0.39 is 0 Å². The van der Waals surface area contributed by atoms with Gasteiger partial charge in [-0.15, -0.1) is 0 Å². The molecule has 1 aliphatic heterocycles. The van der Waals surface area contributed by atoms with E-state index in [1.807, 2.05) is 24.3 Å². The first-order chi connectivity index (χ1) is 9.85. The number of benzene rings is 1. The molecule has 0 bridgehead atoms. The fourth-order valence-corrected chi connectivity index (χ4v) is 2.61. The van der Waals surface area contributed by atoms with Gasteiger partial charge in [-0.05, 0) is 25.5 Å². The molecular formula is C15H19N3O2. The van der Waals surface area contributed by atoms with Crippen LogP contribution in [0.3, 0.4) is 0 Å². The van der Waals surface area contributed by atoms with E-state index >= 15 is 0 Å². The molecule has 1 N–H and O–H groups in total. The maximum atomic E-state index is 5.34. The van der Waals surface area contributed by atoms with Gasteiger partial charge in [0.15, 0.2) is 5.82 Å². The van der Waals surface area contributed by atoms with Crippen LogP contribution in [-0.2, 0) is 12.8 Å². The van der Waals surface area contributed by atoms with Gasteiger partial charge < -0.3 is 14.6 Å². The molecule has 5 heteroatoms. The van der Waals surface area contributed by atoms with Crippen molar-refractivity contribution in [1.29, 1.82) is 0 Å². The van der Waals surface area contributed by atoms with Crippen molar-refractivity contribution in [3.05, 3.63) is 41.5 Å². The molecule has 20 heavy (non-hydrogen) atoms. The van der Waals surface area contributed by atoms with E-state index in [1.54, 1.807) is 7.11 Å². The van der Waals surface area contributed by atoms with E-state index in [9.17, 15) is 0 Å². The fourth-order valence-electron chi connectivity index (χ4n) is 2.61. The van der Waals surface area contributed by atoms with Crippen LogP contribution < -0.4 is 10.1 Å². The van der Waals surface area contributed by atoms with Gasteiger partial charge in [-0.3, -0.25) is 0 Å².